The lowest BCUT2D eigenvalue weighted by Gasteiger charge is -2.13. The highest BCUT2D eigenvalue weighted by Gasteiger charge is 2.11. The molecule has 1 aromatic rings. The van der Waals surface area contributed by atoms with Crippen molar-refractivity contribution in [3.63, 3.8) is 0 Å². The Bertz CT molecular complexity index is 335. The molecule has 0 amide bonds. The minimum Gasteiger partial charge on any atom is -0.387 e. The van der Waals surface area contributed by atoms with E-state index in [-0.39, 0.29) is 6.10 Å². The van der Waals surface area contributed by atoms with Gasteiger partial charge in [0.05, 0.1) is 24.3 Å². The maximum absolute atomic E-state index is 10.2. The van der Waals surface area contributed by atoms with Gasteiger partial charge in [0.25, 0.3) is 0 Å². The zero-order valence-electron chi connectivity index (χ0n) is 13.4. The Kier molecular flexibility index (Phi) is 9.38. The number of hydrogen-bond acceptors (Lipinski definition) is 2. The summed E-state index contributed by atoms with van der Waals surface area (Å²) in [6, 6.07) is 0. The van der Waals surface area contributed by atoms with E-state index in [0.717, 1.165) is 31.5 Å². The second kappa shape index (κ2) is 10.9. The third kappa shape index (κ3) is 6.56. The smallest absolute Gasteiger partial charge is 0.0955 e. The quantitative estimate of drug-likeness (QED) is 0.555. The van der Waals surface area contributed by atoms with Gasteiger partial charge in [-0.05, 0) is 12.8 Å². The SMILES string of the molecule is CCCCCCCCCCC(O)c1cncn1CCC. The average Bonchev–Trinajstić information content (AvgIpc) is 2.90. The van der Waals surface area contributed by atoms with E-state index in [2.05, 4.69) is 23.4 Å². The van der Waals surface area contributed by atoms with Gasteiger partial charge in [-0.2, -0.15) is 0 Å². The third-order valence-electron chi connectivity index (χ3n) is 3.88. The molecule has 1 heterocycles. The number of aliphatic hydroxyl groups excluding tert-OH is 1. The van der Waals surface area contributed by atoms with E-state index in [9.17, 15) is 5.11 Å². The van der Waals surface area contributed by atoms with E-state index in [1.807, 2.05) is 12.5 Å². The molecule has 0 aromatic carbocycles. The Hall–Kier alpha value is -0.830. The van der Waals surface area contributed by atoms with Gasteiger partial charge in [-0.1, -0.05) is 65.2 Å². The summed E-state index contributed by atoms with van der Waals surface area (Å²) in [4.78, 5) is 4.15. The van der Waals surface area contributed by atoms with Crippen molar-refractivity contribution in [3.8, 4) is 0 Å². The molecule has 20 heavy (non-hydrogen) atoms. The molecule has 3 heteroatoms. The fourth-order valence-electron chi connectivity index (χ4n) is 2.66. The molecular weight excluding hydrogens is 248 g/mol. The monoisotopic (exact) mass is 280 g/mol. The van der Waals surface area contributed by atoms with Gasteiger partial charge in [0, 0.05) is 6.54 Å². The predicted octanol–water partition coefficient (Wildman–Crippen LogP) is 4.86. The Balaban J connectivity index is 2.10. The lowest BCUT2D eigenvalue weighted by Crippen LogP contribution is -2.06. The number of hydrogen-bond donors (Lipinski definition) is 1. The van der Waals surface area contributed by atoms with Crippen LogP contribution in [0.1, 0.15) is 89.9 Å². The highest BCUT2D eigenvalue weighted by molar-refractivity contribution is 5.02. The summed E-state index contributed by atoms with van der Waals surface area (Å²) in [5.41, 5.74) is 0.981. The molecule has 0 spiro atoms. The average molecular weight is 280 g/mol. The topological polar surface area (TPSA) is 38.1 Å². The summed E-state index contributed by atoms with van der Waals surface area (Å²) in [6.07, 6.45) is 15.7. The molecule has 0 fully saturated rings. The first-order chi connectivity index (χ1) is 9.79. The number of rotatable bonds is 12. The van der Waals surface area contributed by atoms with Crippen LogP contribution in [0.4, 0.5) is 0 Å². The van der Waals surface area contributed by atoms with Crippen LogP contribution in [0.15, 0.2) is 12.5 Å². The van der Waals surface area contributed by atoms with Gasteiger partial charge in [0.2, 0.25) is 0 Å². The molecule has 0 aliphatic rings. The summed E-state index contributed by atoms with van der Waals surface area (Å²) in [6.45, 7) is 5.35. The largest absolute Gasteiger partial charge is 0.387 e. The van der Waals surface area contributed by atoms with Crippen molar-refractivity contribution in [2.75, 3.05) is 0 Å². The molecule has 116 valence electrons. The Morgan fingerprint density at radius 2 is 1.65 bits per heavy atom. The molecule has 0 saturated heterocycles. The number of imidazole rings is 1. The van der Waals surface area contributed by atoms with Crippen molar-refractivity contribution in [1.29, 1.82) is 0 Å². The molecular formula is C17H32N2O. The minimum absolute atomic E-state index is 0.343. The fourth-order valence-corrected chi connectivity index (χ4v) is 2.66. The Labute approximate surface area is 124 Å². The molecule has 1 atom stereocenters. The standard InChI is InChI=1S/C17H32N2O/c1-3-5-6-7-8-9-10-11-12-17(20)16-14-18-15-19(16)13-4-2/h14-15,17,20H,3-13H2,1-2H3. The highest BCUT2D eigenvalue weighted by Crippen LogP contribution is 2.20. The second-order valence-corrected chi connectivity index (χ2v) is 5.79. The van der Waals surface area contributed by atoms with Crippen molar-refractivity contribution < 1.29 is 5.11 Å². The van der Waals surface area contributed by atoms with Crippen molar-refractivity contribution in [1.82, 2.24) is 9.55 Å². The second-order valence-electron chi connectivity index (χ2n) is 5.79. The molecule has 0 aliphatic heterocycles. The first kappa shape index (κ1) is 17.2. The number of nitrogens with zero attached hydrogens (tertiary/aromatic N) is 2. The van der Waals surface area contributed by atoms with Crippen LogP contribution in [-0.4, -0.2) is 14.7 Å². The molecule has 3 nitrogen and oxygen atoms in total. The molecule has 0 aliphatic carbocycles. The van der Waals surface area contributed by atoms with Crippen LogP contribution in [0, 0.1) is 0 Å². The van der Waals surface area contributed by atoms with Gasteiger partial charge in [-0.3, -0.25) is 0 Å². The van der Waals surface area contributed by atoms with E-state index in [1.165, 1.54) is 44.9 Å². The van der Waals surface area contributed by atoms with Crippen molar-refractivity contribution >= 4 is 0 Å². The van der Waals surface area contributed by atoms with Gasteiger partial charge in [0.15, 0.2) is 0 Å². The number of aliphatic hydroxyl groups is 1. The number of aryl methyl sites for hydroxylation is 1. The van der Waals surface area contributed by atoms with Crippen LogP contribution in [0.2, 0.25) is 0 Å². The van der Waals surface area contributed by atoms with Gasteiger partial charge in [-0.25, -0.2) is 4.98 Å². The van der Waals surface area contributed by atoms with Crippen LogP contribution < -0.4 is 0 Å². The van der Waals surface area contributed by atoms with Gasteiger partial charge >= 0.3 is 0 Å². The normalized spacial score (nSPS) is 12.8. The molecule has 0 saturated carbocycles. The van der Waals surface area contributed by atoms with Gasteiger partial charge in [-0.15, -0.1) is 0 Å². The summed E-state index contributed by atoms with van der Waals surface area (Å²) in [7, 11) is 0. The molecule has 1 aromatic heterocycles. The minimum atomic E-state index is -0.343. The summed E-state index contributed by atoms with van der Waals surface area (Å²) >= 11 is 0. The summed E-state index contributed by atoms with van der Waals surface area (Å²) in [5.74, 6) is 0. The maximum Gasteiger partial charge on any atom is 0.0955 e. The highest BCUT2D eigenvalue weighted by atomic mass is 16.3. The Morgan fingerprint density at radius 3 is 2.30 bits per heavy atom. The van der Waals surface area contributed by atoms with Crippen LogP contribution in [0.25, 0.3) is 0 Å². The van der Waals surface area contributed by atoms with Gasteiger partial charge < -0.3 is 9.67 Å². The number of unbranched alkanes of at least 4 members (excludes halogenated alkanes) is 7. The van der Waals surface area contributed by atoms with E-state index in [0.29, 0.717) is 0 Å². The molecule has 1 N–H and O–H groups in total. The van der Waals surface area contributed by atoms with E-state index in [1.54, 1.807) is 0 Å². The fraction of sp³-hybridized carbons (Fsp3) is 0.824. The van der Waals surface area contributed by atoms with Crippen LogP contribution in [-0.2, 0) is 6.54 Å². The van der Waals surface area contributed by atoms with Crippen LogP contribution >= 0.6 is 0 Å². The van der Waals surface area contributed by atoms with Gasteiger partial charge in [0.1, 0.15) is 0 Å². The number of aromatic nitrogens is 2. The summed E-state index contributed by atoms with van der Waals surface area (Å²) < 4.78 is 2.08. The van der Waals surface area contributed by atoms with E-state index >= 15 is 0 Å². The van der Waals surface area contributed by atoms with E-state index in [4.69, 9.17) is 0 Å². The molecule has 1 unspecified atom stereocenters. The van der Waals surface area contributed by atoms with Crippen molar-refractivity contribution in [3.05, 3.63) is 18.2 Å². The Morgan fingerprint density at radius 1 is 1.00 bits per heavy atom. The van der Waals surface area contributed by atoms with E-state index < -0.39 is 0 Å². The van der Waals surface area contributed by atoms with Crippen molar-refractivity contribution in [2.24, 2.45) is 0 Å². The first-order valence-corrected chi connectivity index (χ1v) is 8.47. The lowest BCUT2D eigenvalue weighted by atomic mass is 10.0. The van der Waals surface area contributed by atoms with Crippen LogP contribution in [0.5, 0.6) is 0 Å². The zero-order valence-corrected chi connectivity index (χ0v) is 13.4. The van der Waals surface area contributed by atoms with Crippen molar-refractivity contribution in [2.45, 2.75) is 90.7 Å². The molecule has 0 radical (unpaired) electrons. The lowest BCUT2D eigenvalue weighted by molar-refractivity contribution is 0.154. The molecule has 0 bridgehead atoms. The third-order valence-corrected chi connectivity index (χ3v) is 3.88. The van der Waals surface area contributed by atoms with Crippen LogP contribution in [0.3, 0.4) is 0 Å². The predicted molar refractivity (Wildman–Crippen MR) is 84.7 cm³/mol. The summed E-state index contributed by atoms with van der Waals surface area (Å²) in [5, 5.41) is 10.2. The maximum atomic E-state index is 10.2. The first-order valence-electron chi connectivity index (χ1n) is 8.47. The molecule has 1 rings (SSSR count). The zero-order chi connectivity index (χ0) is 14.6.